The van der Waals surface area contributed by atoms with Crippen molar-refractivity contribution in [3.05, 3.63) is 108 Å². The van der Waals surface area contributed by atoms with Gasteiger partial charge in [0.1, 0.15) is 5.78 Å². The Hall–Kier alpha value is -3.01. The number of carbonyl (C=O) groups is 4. The zero-order valence-corrected chi connectivity index (χ0v) is 47.1. The predicted octanol–water partition coefficient (Wildman–Crippen LogP) is 10.2. The number of Topliss-reactive ketones (excluding diaryl/α,β-unsaturated/α-hetero) is 1. The molecule has 0 saturated carbocycles. The lowest BCUT2D eigenvalue weighted by Crippen LogP contribution is -2.45. The number of likely N-dealkylation sites (tertiary alicyclic amines) is 5. The summed E-state index contributed by atoms with van der Waals surface area (Å²) in [6.45, 7) is 14.1. The molecule has 6 aliphatic rings. The molecule has 9 rings (SSSR count). The van der Waals surface area contributed by atoms with Crippen molar-refractivity contribution in [2.75, 3.05) is 76.1 Å². The van der Waals surface area contributed by atoms with E-state index in [-0.39, 0.29) is 5.24 Å². The molecule has 6 aliphatic heterocycles. The minimum atomic E-state index is -0.251. The molecule has 0 aromatic heterocycles. The monoisotopic (exact) mass is 1140 g/mol. The van der Waals surface area contributed by atoms with E-state index in [2.05, 4.69) is 153 Å². The van der Waals surface area contributed by atoms with E-state index in [9.17, 15) is 19.2 Å². The lowest BCUT2D eigenvalue weighted by Gasteiger charge is -2.36. The van der Waals surface area contributed by atoms with Gasteiger partial charge in [0, 0.05) is 107 Å². The molecule has 6 fully saturated rings. The molecular formula is C58H86Br2ClN7O4. The summed E-state index contributed by atoms with van der Waals surface area (Å²) in [4.78, 5) is 56.6. The molecular weight excluding hydrogens is 1050 g/mol. The molecule has 11 nitrogen and oxygen atoms in total. The molecule has 398 valence electrons. The van der Waals surface area contributed by atoms with Crippen molar-refractivity contribution in [2.24, 2.45) is 11.7 Å². The first-order valence-electron chi connectivity index (χ1n) is 27.3. The van der Waals surface area contributed by atoms with E-state index in [0.717, 1.165) is 186 Å². The van der Waals surface area contributed by atoms with Crippen LogP contribution in [-0.4, -0.2) is 142 Å². The molecule has 2 amide bonds. The van der Waals surface area contributed by atoms with Gasteiger partial charge < -0.3 is 20.9 Å². The Morgan fingerprint density at radius 3 is 1.31 bits per heavy atom. The van der Waals surface area contributed by atoms with Crippen molar-refractivity contribution in [1.82, 2.24) is 29.8 Å². The third-order valence-electron chi connectivity index (χ3n) is 14.7. The van der Waals surface area contributed by atoms with E-state index in [0.29, 0.717) is 48.1 Å². The van der Waals surface area contributed by atoms with E-state index in [1.54, 1.807) is 0 Å². The summed E-state index contributed by atoms with van der Waals surface area (Å²) in [5.41, 5.74) is 10.0. The molecule has 0 unspecified atom stereocenters. The average molecular weight is 1140 g/mol. The van der Waals surface area contributed by atoms with E-state index < -0.39 is 0 Å². The lowest BCUT2D eigenvalue weighted by atomic mass is 9.90. The number of hydrogen-bond acceptors (Lipinski definition) is 9. The third-order valence-corrected chi connectivity index (χ3v) is 16.0. The summed E-state index contributed by atoms with van der Waals surface area (Å²) in [7, 11) is 0. The number of hydrogen-bond donors (Lipinski definition) is 2. The summed E-state index contributed by atoms with van der Waals surface area (Å²) in [6, 6.07) is 33.4. The summed E-state index contributed by atoms with van der Waals surface area (Å²) in [5.74, 6) is 1.82. The van der Waals surface area contributed by atoms with Gasteiger partial charge in [-0.05, 0) is 151 Å². The molecule has 0 radical (unpaired) electrons. The van der Waals surface area contributed by atoms with Crippen LogP contribution in [0.3, 0.4) is 0 Å². The molecule has 6 heterocycles. The standard InChI is InChI=1S/C17H24BrNO.C16H22N2O.C12H18N2.C9H16N2O.C4H6BrClO/c18-10-4-7-17(20)13-15-8-11-19(12-9-15)14-16-5-2-1-3-6-16;19-16-7-4-10-18(16)15-8-11-17(12-9-15)13-14-5-2-1-3-6-14;13-12-6-8-14(9-7-12)10-11-4-2-1-3-5-11;12-9-2-1-7-11(9)8-3-5-10-6-4-8;5-3-1-2-4(6)7/h1-3,5-6,15H,4,7-14H2;1-3,5-6,15H,4,7-13H2;1-5,12H,6-10,13H2;8,10H,1-7H2;1-3H2. The van der Waals surface area contributed by atoms with E-state index in [4.69, 9.17) is 17.3 Å². The van der Waals surface area contributed by atoms with Crippen LogP contribution in [0.4, 0.5) is 0 Å². The molecule has 72 heavy (non-hydrogen) atoms. The number of alkyl halides is 2. The van der Waals surface area contributed by atoms with Crippen LogP contribution < -0.4 is 11.1 Å². The fourth-order valence-electron chi connectivity index (χ4n) is 10.5. The Labute approximate surface area is 455 Å². The number of carbonyl (C=O) groups excluding carboxylic acids is 4. The van der Waals surface area contributed by atoms with Crippen molar-refractivity contribution in [3.63, 3.8) is 0 Å². The van der Waals surface area contributed by atoms with Gasteiger partial charge >= 0.3 is 0 Å². The number of amides is 2. The zero-order valence-electron chi connectivity index (χ0n) is 43.2. The number of rotatable bonds is 16. The number of halogens is 3. The van der Waals surface area contributed by atoms with Crippen molar-refractivity contribution in [2.45, 2.75) is 147 Å². The van der Waals surface area contributed by atoms with Gasteiger partial charge in [-0.25, -0.2) is 0 Å². The van der Waals surface area contributed by atoms with E-state index >= 15 is 0 Å². The Balaban J connectivity index is 0.000000173. The number of ketones is 1. The largest absolute Gasteiger partial charge is 0.340 e. The second kappa shape index (κ2) is 35.3. The molecule has 0 aliphatic carbocycles. The van der Waals surface area contributed by atoms with Crippen LogP contribution in [0.2, 0.25) is 0 Å². The normalized spacial score (nSPS) is 19.8. The number of piperidine rings is 4. The first kappa shape index (κ1) is 59.9. The lowest BCUT2D eigenvalue weighted by molar-refractivity contribution is -0.131. The van der Waals surface area contributed by atoms with Gasteiger partial charge in [-0.3, -0.25) is 33.9 Å². The Morgan fingerprint density at radius 2 is 0.931 bits per heavy atom. The van der Waals surface area contributed by atoms with Gasteiger partial charge in [0.05, 0.1) is 0 Å². The van der Waals surface area contributed by atoms with Crippen LogP contribution in [0.25, 0.3) is 0 Å². The van der Waals surface area contributed by atoms with Crippen molar-refractivity contribution in [3.8, 4) is 0 Å². The second-order valence-corrected chi connectivity index (χ2v) is 22.4. The Kier molecular flexibility index (Phi) is 29.3. The topological polar surface area (TPSA) is 123 Å². The van der Waals surface area contributed by atoms with E-state index in [1.807, 2.05) is 0 Å². The van der Waals surface area contributed by atoms with Crippen LogP contribution in [0, 0.1) is 5.92 Å². The predicted molar refractivity (Wildman–Crippen MR) is 302 cm³/mol. The number of nitrogens with zero attached hydrogens (tertiary/aromatic N) is 5. The van der Waals surface area contributed by atoms with Crippen LogP contribution in [0.15, 0.2) is 91.0 Å². The van der Waals surface area contributed by atoms with Crippen molar-refractivity contribution >= 4 is 66.3 Å². The van der Waals surface area contributed by atoms with Crippen LogP contribution in [0.1, 0.15) is 126 Å². The maximum Gasteiger partial charge on any atom is 0.222 e. The summed E-state index contributed by atoms with van der Waals surface area (Å²) >= 11 is 11.5. The van der Waals surface area contributed by atoms with E-state index in [1.165, 1.54) is 29.5 Å². The quantitative estimate of drug-likeness (QED) is 0.107. The van der Waals surface area contributed by atoms with Gasteiger partial charge in [-0.1, -0.05) is 123 Å². The van der Waals surface area contributed by atoms with Crippen LogP contribution >= 0.6 is 43.5 Å². The summed E-state index contributed by atoms with van der Waals surface area (Å²) < 4.78 is 0. The number of nitrogens with two attached hydrogens (primary N) is 1. The molecule has 14 heteroatoms. The molecule has 0 atom stereocenters. The van der Waals surface area contributed by atoms with Crippen molar-refractivity contribution in [1.29, 1.82) is 0 Å². The smallest absolute Gasteiger partial charge is 0.222 e. The minimum Gasteiger partial charge on any atom is -0.340 e. The third kappa shape index (κ3) is 23.7. The summed E-state index contributed by atoms with van der Waals surface area (Å²) in [6.07, 6.45) is 16.7. The van der Waals surface area contributed by atoms with Gasteiger partial charge in [-0.15, -0.1) is 0 Å². The molecule has 3 aromatic carbocycles. The highest BCUT2D eigenvalue weighted by Crippen LogP contribution is 2.25. The Bertz CT molecular complexity index is 1940. The fraction of sp³-hybridized carbons (Fsp3) is 0.621. The number of benzene rings is 3. The second-order valence-electron chi connectivity index (χ2n) is 20.3. The average Bonchev–Trinajstić information content (AvgIpc) is 4.06. The highest BCUT2D eigenvalue weighted by atomic mass is 79.9. The van der Waals surface area contributed by atoms with Gasteiger partial charge in [0.2, 0.25) is 17.1 Å². The van der Waals surface area contributed by atoms with Gasteiger partial charge in [-0.2, -0.15) is 0 Å². The number of nitrogens with one attached hydrogen (secondary N) is 1. The fourth-order valence-corrected chi connectivity index (χ4v) is 11.2. The van der Waals surface area contributed by atoms with Crippen molar-refractivity contribution < 1.29 is 19.2 Å². The highest BCUT2D eigenvalue weighted by Gasteiger charge is 2.31. The summed E-state index contributed by atoms with van der Waals surface area (Å²) in [5, 5.41) is 4.86. The first-order valence-corrected chi connectivity index (χ1v) is 29.9. The van der Waals surface area contributed by atoms with Gasteiger partial charge in [0.25, 0.3) is 0 Å². The highest BCUT2D eigenvalue weighted by molar-refractivity contribution is 9.09. The molecule has 3 aromatic rings. The minimum absolute atomic E-state index is 0.251. The first-order chi connectivity index (χ1) is 35.1. The molecule has 6 saturated heterocycles. The Morgan fingerprint density at radius 1 is 0.542 bits per heavy atom. The van der Waals surface area contributed by atoms with Gasteiger partial charge in [0.15, 0.2) is 0 Å². The zero-order chi connectivity index (χ0) is 51.2. The molecule has 0 spiro atoms. The molecule has 3 N–H and O–H groups in total. The maximum absolute atomic E-state index is 11.8. The van der Waals surface area contributed by atoms with Crippen LogP contribution in [0.5, 0.6) is 0 Å². The van der Waals surface area contributed by atoms with Crippen LogP contribution in [-0.2, 0) is 38.8 Å². The maximum atomic E-state index is 11.8. The SMILES string of the molecule is NC1CCN(Cc2ccccc2)CC1.O=C(CCCBr)CC1CCN(Cc2ccccc2)CC1.O=C(Cl)CCCBr.O=C1CCCN1C1CCN(Cc2ccccc2)CC1.O=C1CCCN1C1CCNCC1. The molecule has 0 bridgehead atoms.